The highest BCUT2D eigenvalue weighted by Gasteiger charge is 2.22. The van der Waals surface area contributed by atoms with E-state index in [2.05, 4.69) is 10.2 Å². The molecule has 6 nitrogen and oxygen atoms in total. The molecule has 1 aromatic carbocycles. The minimum atomic E-state index is -0.330. The largest absolute Gasteiger partial charge is 0.459 e. The van der Waals surface area contributed by atoms with Crippen molar-refractivity contribution in [1.29, 1.82) is 0 Å². The number of benzene rings is 1. The van der Waals surface area contributed by atoms with Crippen molar-refractivity contribution in [1.82, 2.24) is 9.80 Å². The Balaban J connectivity index is 1.77. The van der Waals surface area contributed by atoms with Gasteiger partial charge < -0.3 is 19.5 Å². The smallest absolute Gasteiger partial charge is 0.291 e. The van der Waals surface area contributed by atoms with E-state index in [1.807, 2.05) is 62.3 Å². The third-order valence-electron chi connectivity index (χ3n) is 4.41. The molecule has 0 atom stereocenters. The lowest BCUT2D eigenvalue weighted by molar-refractivity contribution is 0.0736. The molecule has 0 fully saturated rings. The number of nitrogens with one attached hydrogen (secondary N) is 1. The second-order valence-electron chi connectivity index (χ2n) is 7.07. The molecule has 0 radical (unpaired) electrons. The van der Waals surface area contributed by atoms with Gasteiger partial charge in [0.15, 0.2) is 5.76 Å². The molecule has 0 saturated heterocycles. The predicted octanol–water partition coefficient (Wildman–Crippen LogP) is 4.11. The number of anilines is 1. The van der Waals surface area contributed by atoms with Gasteiger partial charge in [-0.25, -0.2) is 0 Å². The summed E-state index contributed by atoms with van der Waals surface area (Å²) in [4.78, 5) is 30.1. The van der Waals surface area contributed by atoms with Crippen molar-refractivity contribution in [3.63, 3.8) is 0 Å². The number of amides is 2. The van der Waals surface area contributed by atoms with Crippen molar-refractivity contribution in [2.75, 3.05) is 32.5 Å². The van der Waals surface area contributed by atoms with Gasteiger partial charge in [0.1, 0.15) is 0 Å². The first kappa shape index (κ1) is 20.8. The maximum atomic E-state index is 13.3. The summed E-state index contributed by atoms with van der Waals surface area (Å²) >= 11 is 1.29. The molecule has 0 unspecified atom stereocenters. The Morgan fingerprint density at radius 1 is 1.07 bits per heavy atom. The summed E-state index contributed by atoms with van der Waals surface area (Å²) in [5.41, 5.74) is 1.93. The lowest BCUT2D eigenvalue weighted by atomic mass is 10.2. The quantitative estimate of drug-likeness (QED) is 0.606. The van der Waals surface area contributed by atoms with Crippen LogP contribution in [0.25, 0.3) is 0 Å². The van der Waals surface area contributed by atoms with Crippen molar-refractivity contribution in [2.45, 2.75) is 13.5 Å². The number of rotatable bonds is 8. The number of aryl methyl sites for hydroxylation is 1. The maximum absolute atomic E-state index is 13.3. The molecule has 29 heavy (non-hydrogen) atoms. The molecule has 2 amide bonds. The fourth-order valence-electron chi connectivity index (χ4n) is 2.86. The number of hydrogen-bond acceptors (Lipinski definition) is 5. The van der Waals surface area contributed by atoms with Crippen LogP contribution in [-0.2, 0) is 6.54 Å². The molecule has 0 aliphatic rings. The van der Waals surface area contributed by atoms with Crippen LogP contribution in [0.4, 0.5) is 5.00 Å². The SMILES string of the molecule is Cc1cc(NC(=O)c2ccco2)sc1C(=O)N(CCN(C)C)Cc1ccccc1. The van der Waals surface area contributed by atoms with Crippen LogP contribution in [0.15, 0.2) is 59.2 Å². The molecule has 2 heterocycles. The van der Waals surface area contributed by atoms with Crippen molar-refractivity contribution >= 4 is 28.2 Å². The molecule has 152 valence electrons. The van der Waals surface area contributed by atoms with Crippen LogP contribution in [-0.4, -0.2) is 48.8 Å². The van der Waals surface area contributed by atoms with E-state index < -0.39 is 0 Å². The lowest BCUT2D eigenvalue weighted by Crippen LogP contribution is -2.36. The zero-order chi connectivity index (χ0) is 20.8. The summed E-state index contributed by atoms with van der Waals surface area (Å²) in [5, 5.41) is 3.43. The topological polar surface area (TPSA) is 65.8 Å². The van der Waals surface area contributed by atoms with Gasteiger partial charge in [-0.05, 0) is 50.3 Å². The van der Waals surface area contributed by atoms with Crippen LogP contribution >= 0.6 is 11.3 Å². The van der Waals surface area contributed by atoms with Gasteiger partial charge in [0, 0.05) is 19.6 Å². The molecule has 2 aromatic heterocycles. The Kier molecular flexibility index (Phi) is 6.85. The molecule has 3 rings (SSSR count). The summed E-state index contributed by atoms with van der Waals surface area (Å²) in [7, 11) is 3.98. The normalized spacial score (nSPS) is 10.9. The molecule has 0 aliphatic carbocycles. The van der Waals surface area contributed by atoms with E-state index in [0.29, 0.717) is 23.0 Å². The highest BCUT2D eigenvalue weighted by atomic mass is 32.1. The van der Waals surface area contributed by atoms with E-state index in [9.17, 15) is 9.59 Å². The van der Waals surface area contributed by atoms with Crippen LogP contribution < -0.4 is 5.32 Å². The fourth-order valence-corrected chi connectivity index (χ4v) is 3.89. The Morgan fingerprint density at radius 2 is 1.83 bits per heavy atom. The average molecular weight is 412 g/mol. The summed E-state index contributed by atoms with van der Waals surface area (Å²) in [6.07, 6.45) is 1.45. The molecule has 1 N–H and O–H groups in total. The van der Waals surface area contributed by atoms with Crippen molar-refractivity contribution in [3.8, 4) is 0 Å². The van der Waals surface area contributed by atoms with Crippen molar-refractivity contribution < 1.29 is 14.0 Å². The predicted molar refractivity (Wildman–Crippen MR) is 115 cm³/mol. The Labute approximate surface area is 174 Å². The van der Waals surface area contributed by atoms with E-state index in [-0.39, 0.29) is 17.6 Å². The highest BCUT2D eigenvalue weighted by Crippen LogP contribution is 2.29. The molecule has 7 heteroatoms. The highest BCUT2D eigenvalue weighted by molar-refractivity contribution is 7.18. The average Bonchev–Trinajstić information content (AvgIpc) is 3.35. The van der Waals surface area contributed by atoms with Gasteiger partial charge >= 0.3 is 0 Å². The summed E-state index contributed by atoms with van der Waals surface area (Å²) in [6.45, 7) is 3.81. The number of thiophene rings is 1. The number of furan rings is 1. The van der Waals surface area contributed by atoms with E-state index in [0.717, 1.165) is 17.7 Å². The third kappa shape index (κ3) is 5.56. The van der Waals surface area contributed by atoms with Crippen LogP contribution in [0.1, 0.15) is 31.4 Å². The first-order valence-electron chi connectivity index (χ1n) is 9.37. The number of likely N-dealkylation sites (N-methyl/N-ethyl adjacent to an activating group) is 1. The van der Waals surface area contributed by atoms with Crippen LogP contribution in [0.5, 0.6) is 0 Å². The number of carbonyl (C=O) groups is 2. The molecule has 0 spiro atoms. The zero-order valence-electron chi connectivity index (χ0n) is 16.8. The molecular formula is C22H25N3O3S. The molecule has 0 saturated carbocycles. The third-order valence-corrected chi connectivity index (χ3v) is 5.55. The number of carbonyl (C=O) groups excluding carboxylic acids is 2. The monoisotopic (exact) mass is 411 g/mol. The zero-order valence-corrected chi connectivity index (χ0v) is 17.7. The summed E-state index contributed by atoms with van der Waals surface area (Å²) in [6, 6.07) is 15.0. The number of nitrogens with zero attached hydrogens (tertiary/aromatic N) is 2. The maximum Gasteiger partial charge on any atom is 0.291 e. The van der Waals surface area contributed by atoms with E-state index in [1.54, 1.807) is 12.1 Å². The Hall–Kier alpha value is -2.90. The Morgan fingerprint density at radius 3 is 2.48 bits per heavy atom. The summed E-state index contributed by atoms with van der Waals surface area (Å²) < 4.78 is 5.12. The first-order chi connectivity index (χ1) is 13.9. The van der Waals surface area contributed by atoms with Crippen molar-refractivity contribution in [3.05, 3.63) is 76.6 Å². The van der Waals surface area contributed by atoms with Crippen LogP contribution in [0.2, 0.25) is 0 Å². The van der Waals surface area contributed by atoms with Crippen LogP contribution in [0, 0.1) is 6.92 Å². The second-order valence-corrected chi connectivity index (χ2v) is 8.12. The number of hydrogen-bond donors (Lipinski definition) is 1. The Bertz CT molecular complexity index is 949. The van der Waals surface area contributed by atoms with E-state index in [1.165, 1.54) is 17.6 Å². The standard InChI is InChI=1S/C22H25N3O3S/c1-16-14-19(23-21(26)18-10-7-13-28-18)29-20(16)22(27)25(12-11-24(2)3)15-17-8-5-4-6-9-17/h4-10,13-14H,11-12,15H2,1-3H3,(H,23,26). The van der Waals surface area contributed by atoms with Gasteiger partial charge in [-0.3, -0.25) is 9.59 Å². The molecular weight excluding hydrogens is 386 g/mol. The minimum absolute atomic E-state index is 0.0308. The van der Waals surface area contributed by atoms with Gasteiger partial charge in [-0.15, -0.1) is 11.3 Å². The molecule has 0 bridgehead atoms. The summed E-state index contributed by atoms with van der Waals surface area (Å²) in [5.74, 6) is -0.124. The van der Waals surface area contributed by atoms with Crippen LogP contribution in [0.3, 0.4) is 0 Å². The van der Waals surface area contributed by atoms with E-state index >= 15 is 0 Å². The fraction of sp³-hybridized carbons (Fsp3) is 0.273. The lowest BCUT2D eigenvalue weighted by Gasteiger charge is -2.24. The van der Waals surface area contributed by atoms with Gasteiger partial charge in [0.2, 0.25) is 0 Å². The molecule has 3 aromatic rings. The molecule has 0 aliphatic heterocycles. The van der Waals surface area contributed by atoms with E-state index in [4.69, 9.17) is 4.42 Å². The minimum Gasteiger partial charge on any atom is -0.459 e. The van der Waals surface area contributed by atoms with Crippen molar-refractivity contribution in [2.24, 2.45) is 0 Å². The van der Waals surface area contributed by atoms with Gasteiger partial charge in [-0.1, -0.05) is 30.3 Å². The van der Waals surface area contributed by atoms with Gasteiger partial charge in [0.25, 0.3) is 11.8 Å². The van der Waals surface area contributed by atoms with Gasteiger partial charge in [-0.2, -0.15) is 0 Å². The van der Waals surface area contributed by atoms with Gasteiger partial charge in [0.05, 0.1) is 16.1 Å². The first-order valence-corrected chi connectivity index (χ1v) is 10.2. The second kappa shape index (κ2) is 9.54.